The maximum atomic E-state index is 9.20. The Morgan fingerprint density at radius 2 is 2.05 bits per heavy atom. The average Bonchev–Trinajstić information content (AvgIpc) is 2.47. The normalized spacial score (nSPS) is 10.0. The van der Waals surface area contributed by atoms with Crippen molar-refractivity contribution in [3.05, 3.63) is 46.6 Å². The van der Waals surface area contributed by atoms with Crippen LogP contribution in [-0.4, -0.2) is 23.3 Å². The van der Waals surface area contributed by atoms with E-state index in [1.807, 2.05) is 45.0 Å². The van der Waals surface area contributed by atoms with E-state index in [9.17, 15) is 5.26 Å². The van der Waals surface area contributed by atoms with Crippen molar-refractivity contribution in [2.75, 3.05) is 18.5 Å². The standard InChI is InChI=1S/C16H18N4O/c1-11-5-4-6-14(9-11)21-8-7-18-16-15(10-17)12(2)13(3)19-20-16/h4-6,9H,7-8H2,1-3H3,(H,18,20). The van der Waals surface area contributed by atoms with Crippen molar-refractivity contribution in [1.29, 1.82) is 5.26 Å². The van der Waals surface area contributed by atoms with Gasteiger partial charge in [0.1, 0.15) is 24.0 Å². The Morgan fingerprint density at radius 1 is 1.24 bits per heavy atom. The summed E-state index contributed by atoms with van der Waals surface area (Å²) in [6.45, 7) is 6.78. The molecule has 0 radical (unpaired) electrons. The number of hydrogen-bond donors (Lipinski definition) is 1. The molecule has 5 nitrogen and oxygen atoms in total. The van der Waals surface area contributed by atoms with E-state index >= 15 is 0 Å². The van der Waals surface area contributed by atoms with Gasteiger partial charge >= 0.3 is 0 Å². The number of nitrogens with one attached hydrogen (secondary N) is 1. The van der Waals surface area contributed by atoms with Crippen molar-refractivity contribution >= 4 is 5.82 Å². The summed E-state index contributed by atoms with van der Waals surface area (Å²) >= 11 is 0. The third kappa shape index (κ3) is 3.69. The molecular weight excluding hydrogens is 264 g/mol. The van der Waals surface area contributed by atoms with Gasteiger partial charge in [0.2, 0.25) is 0 Å². The first-order chi connectivity index (χ1) is 10.1. The molecule has 0 aliphatic rings. The van der Waals surface area contributed by atoms with Gasteiger partial charge in [-0.05, 0) is 44.0 Å². The molecule has 21 heavy (non-hydrogen) atoms. The molecule has 1 heterocycles. The van der Waals surface area contributed by atoms with Crippen LogP contribution in [0.4, 0.5) is 5.82 Å². The van der Waals surface area contributed by atoms with Gasteiger partial charge in [0.05, 0.1) is 12.2 Å². The Kier molecular flexibility index (Phi) is 4.72. The van der Waals surface area contributed by atoms with Crippen molar-refractivity contribution in [1.82, 2.24) is 10.2 Å². The zero-order valence-corrected chi connectivity index (χ0v) is 12.5. The van der Waals surface area contributed by atoms with E-state index in [0.29, 0.717) is 24.5 Å². The molecule has 0 saturated carbocycles. The van der Waals surface area contributed by atoms with Gasteiger partial charge in [-0.2, -0.15) is 10.4 Å². The van der Waals surface area contributed by atoms with Gasteiger partial charge in [0.15, 0.2) is 5.82 Å². The number of nitriles is 1. The van der Waals surface area contributed by atoms with Gasteiger partial charge in [-0.15, -0.1) is 5.10 Å². The lowest BCUT2D eigenvalue weighted by atomic mass is 10.1. The van der Waals surface area contributed by atoms with Crippen molar-refractivity contribution in [2.45, 2.75) is 20.8 Å². The van der Waals surface area contributed by atoms with Gasteiger partial charge in [0, 0.05) is 0 Å². The summed E-state index contributed by atoms with van der Waals surface area (Å²) < 4.78 is 5.64. The highest BCUT2D eigenvalue weighted by Gasteiger charge is 2.09. The Labute approximate surface area is 124 Å². The number of rotatable bonds is 5. The fourth-order valence-corrected chi connectivity index (χ4v) is 1.91. The Balaban J connectivity index is 1.93. The monoisotopic (exact) mass is 282 g/mol. The highest BCUT2D eigenvalue weighted by Crippen LogP contribution is 2.17. The minimum atomic E-state index is 0.489. The van der Waals surface area contributed by atoms with Gasteiger partial charge in [0.25, 0.3) is 0 Å². The quantitative estimate of drug-likeness (QED) is 0.854. The minimum absolute atomic E-state index is 0.489. The first-order valence-electron chi connectivity index (χ1n) is 6.79. The molecule has 0 amide bonds. The lowest BCUT2D eigenvalue weighted by Crippen LogP contribution is -2.14. The molecule has 0 spiro atoms. The zero-order chi connectivity index (χ0) is 15.2. The molecule has 1 aromatic heterocycles. The summed E-state index contributed by atoms with van der Waals surface area (Å²) in [5, 5.41) is 20.4. The lowest BCUT2D eigenvalue weighted by Gasteiger charge is -2.10. The smallest absolute Gasteiger partial charge is 0.167 e. The molecule has 0 atom stereocenters. The van der Waals surface area contributed by atoms with Crippen LogP contribution in [0, 0.1) is 32.1 Å². The summed E-state index contributed by atoms with van der Waals surface area (Å²) in [6.07, 6.45) is 0. The van der Waals surface area contributed by atoms with Crippen LogP contribution in [0.5, 0.6) is 5.75 Å². The van der Waals surface area contributed by atoms with Crippen LogP contribution in [0.1, 0.15) is 22.4 Å². The summed E-state index contributed by atoms with van der Waals surface area (Å²) in [4.78, 5) is 0. The topological polar surface area (TPSA) is 70.8 Å². The summed E-state index contributed by atoms with van der Waals surface area (Å²) in [5.41, 5.74) is 3.33. The SMILES string of the molecule is Cc1cccc(OCCNc2nnc(C)c(C)c2C#N)c1. The zero-order valence-electron chi connectivity index (χ0n) is 12.5. The molecule has 108 valence electrons. The maximum Gasteiger partial charge on any atom is 0.167 e. The first-order valence-corrected chi connectivity index (χ1v) is 6.79. The molecule has 0 aliphatic heterocycles. The van der Waals surface area contributed by atoms with E-state index in [2.05, 4.69) is 21.6 Å². The van der Waals surface area contributed by atoms with Gasteiger partial charge in [-0.1, -0.05) is 12.1 Å². The van der Waals surface area contributed by atoms with Crippen molar-refractivity contribution < 1.29 is 4.74 Å². The van der Waals surface area contributed by atoms with E-state index in [1.54, 1.807) is 0 Å². The molecule has 0 aliphatic carbocycles. The molecule has 2 rings (SSSR count). The average molecular weight is 282 g/mol. The molecule has 0 saturated heterocycles. The maximum absolute atomic E-state index is 9.20. The second-order valence-corrected chi connectivity index (χ2v) is 4.84. The van der Waals surface area contributed by atoms with Crippen molar-refractivity contribution in [3.63, 3.8) is 0 Å². The second-order valence-electron chi connectivity index (χ2n) is 4.84. The van der Waals surface area contributed by atoms with Crippen molar-refractivity contribution in [3.8, 4) is 11.8 Å². The van der Waals surface area contributed by atoms with E-state index in [-0.39, 0.29) is 0 Å². The molecule has 2 aromatic rings. The number of anilines is 1. The molecule has 0 unspecified atom stereocenters. The highest BCUT2D eigenvalue weighted by atomic mass is 16.5. The van der Waals surface area contributed by atoms with Gasteiger partial charge in [-0.3, -0.25) is 0 Å². The minimum Gasteiger partial charge on any atom is -0.492 e. The van der Waals surface area contributed by atoms with E-state index in [1.165, 1.54) is 0 Å². The van der Waals surface area contributed by atoms with E-state index < -0.39 is 0 Å². The third-order valence-corrected chi connectivity index (χ3v) is 3.22. The lowest BCUT2D eigenvalue weighted by molar-refractivity contribution is 0.332. The molecule has 1 aromatic carbocycles. The molecule has 5 heteroatoms. The Morgan fingerprint density at radius 3 is 2.76 bits per heavy atom. The Bertz CT molecular complexity index is 676. The number of nitrogens with zero attached hydrogens (tertiary/aromatic N) is 3. The predicted molar refractivity (Wildman–Crippen MR) is 81.4 cm³/mol. The van der Waals surface area contributed by atoms with Gasteiger partial charge < -0.3 is 10.1 Å². The van der Waals surface area contributed by atoms with Crippen LogP contribution in [0.15, 0.2) is 24.3 Å². The molecular formula is C16H18N4O. The second kappa shape index (κ2) is 6.71. The summed E-state index contributed by atoms with van der Waals surface area (Å²) in [5.74, 6) is 1.34. The fraction of sp³-hybridized carbons (Fsp3) is 0.312. The van der Waals surface area contributed by atoms with Crippen LogP contribution in [-0.2, 0) is 0 Å². The molecule has 1 N–H and O–H groups in total. The van der Waals surface area contributed by atoms with E-state index in [4.69, 9.17) is 4.74 Å². The number of hydrogen-bond acceptors (Lipinski definition) is 5. The number of aryl methyl sites for hydroxylation is 2. The first kappa shape index (κ1) is 14.8. The summed E-state index contributed by atoms with van der Waals surface area (Å²) in [6, 6.07) is 10.0. The van der Waals surface area contributed by atoms with Crippen LogP contribution in [0.3, 0.4) is 0 Å². The van der Waals surface area contributed by atoms with Crippen LogP contribution in [0.2, 0.25) is 0 Å². The molecule has 0 fully saturated rings. The molecule has 0 bridgehead atoms. The summed E-state index contributed by atoms with van der Waals surface area (Å²) in [7, 11) is 0. The number of ether oxygens (including phenoxy) is 1. The van der Waals surface area contributed by atoms with Crippen molar-refractivity contribution in [2.24, 2.45) is 0 Å². The van der Waals surface area contributed by atoms with Gasteiger partial charge in [-0.25, -0.2) is 0 Å². The highest BCUT2D eigenvalue weighted by molar-refractivity contribution is 5.55. The third-order valence-electron chi connectivity index (χ3n) is 3.22. The predicted octanol–water partition coefficient (Wildman–Crippen LogP) is 2.76. The van der Waals surface area contributed by atoms with Crippen LogP contribution < -0.4 is 10.1 Å². The van der Waals surface area contributed by atoms with Crippen LogP contribution in [0.25, 0.3) is 0 Å². The number of benzene rings is 1. The van der Waals surface area contributed by atoms with Crippen LogP contribution >= 0.6 is 0 Å². The largest absolute Gasteiger partial charge is 0.492 e. The number of aromatic nitrogens is 2. The Hall–Kier alpha value is -2.61. The fourth-order valence-electron chi connectivity index (χ4n) is 1.91. The van der Waals surface area contributed by atoms with E-state index in [0.717, 1.165) is 22.6 Å².